The van der Waals surface area contributed by atoms with Gasteiger partial charge in [-0.05, 0) is 24.7 Å². The molecule has 2 N–H and O–H groups in total. The van der Waals surface area contributed by atoms with E-state index in [1.165, 1.54) is 12.1 Å². The Labute approximate surface area is 124 Å². The van der Waals surface area contributed by atoms with Crippen LogP contribution in [0.15, 0.2) is 23.1 Å². The molecule has 0 radical (unpaired) electrons. The van der Waals surface area contributed by atoms with Crippen LogP contribution in [-0.4, -0.2) is 56.7 Å². The maximum absolute atomic E-state index is 12.3. The molecule has 0 unspecified atom stereocenters. The highest BCUT2D eigenvalue weighted by Gasteiger charge is 2.23. The van der Waals surface area contributed by atoms with Gasteiger partial charge in [-0.2, -0.15) is 0 Å². The number of sulfonamides is 1. The molecule has 1 aromatic carbocycles. The number of hydrogen-bond donors (Lipinski definition) is 2. The molecule has 0 aromatic heterocycles. The summed E-state index contributed by atoms with van der Waals surface area (Å²) in [4.78, 5) is 4.66. The molecule has 112 valence electrons. The molecule has 20 heavy (non-hydrogen) atoms. The fraction of sp³-hybridized carbons (Fsp3) is 0.500. The number of hydrazine groups is 1. The summed E-state index contributed by atoms with van der Waals surface area (Å²) >= 11 is 5.95. The van der Waals surface area contributed by atoms with Crippen LogP contribution in [0.2, 0.25) is 5.02 Å². The van der Waals surface area contributed by atoms with Crippen molar-refractivity contribution < 1.29 is 13.5 Å². The number of nitrogens with zero attached hydrogens (tertiary/aromatic N) is 2. The summed E-state index contributed by atoms with van der Waals surface area (Å²) in [5.41, 5.74) is 0.508. The van der Waals surface area contributed by atoms with Gasteiger partial charge in [0.2, 0.25) is 0 Å². The van der Waals surface area contributed by atoms with Gasteiger partial charge in [0.15, 0.2) is 0 Å². The molecule has 0 saturated carbocycles. The van der Waals surface area contributed by atoms with E-state index in [-0.39, 0.29) is 16.5 Å². The van der Waals surface area contributed by atoms with Crippen LogP contribution < -0.4 is 4.83 Å². The van der Waals surface area contributed by atoms with E-state index in [0.29, 0.717) is 18.7 Å². The Balaban J connectivity index is 2.18. The first-order chi connectivity index (χ1) is 9.42. The number of aliphatic hydroxyl groups is 1. The first-order valence-corrected chi connectivity index (χ1v) is 8.14. The molecule has 1 fully saturated rings. The van der Waals surface area contributed by atoms with Crippen LogP contribution in [0.3, 0.4) is 0 Å². The van der Waals surface area contributed by atoms with Crippen LogP contribution in [0.1, 0.15) is 5.56 Å². The monoisotopic (exact) mass is 319 g/mol. The number of likely N-dealkylation sites (N-methyl/N-ethyl adjacent to an activating group) is 1. The van der Waals surface area contributed by atoms with E-state index in [2.05, 4.69) is 9.73 Å². The van der Waals surface area contributed by atoms with Crippen LogP contribution in [-0.2, 0) is 16.6 Å². The SMILES string of the molecule is CN1CCN(NS(=O)(=O)c2cc(CO)ccc2Cl)CC1. The second-order valence-corrected chi connectivity index (χ2v) is 6.84. The Morgan fingerprint density at radius 3 is 2.55 bits per heavy atom. The van der Waals surface area contributed by atoms with Crippen molar-refractivity contribution >= 4 is 21.6 Å². The third kappa shape index (κ3) is 3.69. The van der Waals surface area contributed by atoms with E-state index < -0.39 is 10.0 Å². The lowest BCUT2D eigenvalue weighted by molar-refractivity contribution is 0.135. The molecule has 0 bridgehead atoms. The third-order valence-electron chi connectivity index (χ3n) is 3.22. The van der Waals surface area contributed by atoms with Crippen molar-refractivity contribution in [3.05, 3.63) is 28.8 Å². The number of hydrogen-bond acceptors (Lipinski definition) is 5. The third-order valence-corrected chi connectivity index (χ3v) is 5.08. The first kappa shape index (κ1) is 15.7. The van der Waals surface area contributed by atoms with Gasteiger partial charge in [0.1, 0.15) is 4.90 Å². The molecule has 1 heterocycles. The maximum Gasteiger partial charge on any atom is 0.254 e. The van der Waals surface area contributed by atoms with Crippen molar-refractivity contribution in [2.75, 3.05) is 33.2 Å². The molecule has 0 spiro atoms. The molecule has 1 saturated heterocycles. The van der Waals surface area contributed by atoms with Crippen LogP contribution in [0, 0.1) is 0 Å². The van der Waals surface area contributed by atoms with Gasteiger partial charge >= 0.3 is 0 Å². The lowest BCUT2D eigenvalue weighted by Crippen LogP contribution is -2.52. The molecule has 8 heteroatoms. The second-order valence-electron chi connectivity index (χ2n) is 4.81. The molecule has 1 aliphatic heterocycles. The average molecular weight is 320 g/mol. The van der Waals surface area contributed by atoms with Crippen LogP contribution in [0.5, 0.6) is 0 Å². The highest BCUT2D eigenvalue weighted by molar-refractivity contribution is 7.89. The summed E-state index contributed by atoms with van der Waals surface area (Å²) in [7, 11) is -1.73. The Morgan fingerprint density at radius 2 is 1.95 bits per heavy atom. The van der Waals surface area contributed by atoms with Gasteiger partial charge in [-0.3, -0.25) is 0 Å². The van der Waals surface area contributed by atoms with E-state index >= 15 is 0 Å². The quantitative estimate of drug-likeness (QED) is 0.833. The zero-order valence-electron chi connectivity index (χ0n) is 11.2. The fourth-order valence-electron chi connectivity index (χ4n) is 1.97. The van der Waals surface area contributed by atoms with Gasteiger partial charge in [0.25, 0.3) is 10.0 Å². The predicted molar refractivity (Wildman–Crippen MR) is 76.8 cm³/mol. The van der Waals surface area contributed by atoms with Gasteiger partial charge in [0.05, 0.1) is 11.6 Å². The summed E-state index contributed by atoms with van der Waals surface area (Å²) < 4.78 is 24.7. The second kappa shape index (κ2) is 6.38. The highest BCUT2D eigenvalue weighted by atomic mass is 35.5. The summed E-state index contributed by atoms with van der Waals surface area (Å²) in [6, 6.07) is 4.46. The largest absolute Gasteiger partial charge is 0.392 e. The molecule has 0 aliphatic carbocycles. The first-order valence-electron chi connectivity index (χ1n) is 6.27. The van der Waals surface area contributed by atoms with Crippen LogP contribution in [0.25, 0.3) is 0 Å². The molecule has 6 nitrogen and oxygen atoms in total. The zero-order valence-corrected chi connectivity index (χ0v) is 12.8. The van der Waals surface area contributed by atoms with Gasteiger partial charge in [-0.1, -0.05) is 17.7 Å². The minimum Gasteiger partial charge on any atom is -0.392 e. The molecule has 0 amide bonds. The van der Waals surface area contributed by atoms with E-state index in [1.807, 2.05) is 7.05 Å². The minimum absolute atomic E-state index is 0.00959. The number of nitrogens with one attached hydrogen (secondary N) is 1. The molecule has 1 aliphatic rings. The fourth-order valence-corrected chi connectivity index (χ4v) is 3.64. The molecular formula is C12H18ClN3O3S. The summed E-state index contributed by atoms with van der Waals surface area (Å²) in [5, 5.41) is 10.9. The van der Waals surface area contributed by atoms with Gasteiger partial charge in [-0.15, -0.1) is 4.83 Å². The number of aliphatic hydroxyl groups excluding tert-OH is 1. The van der Waals surface area contributed by atoms with Crippen molar-refractivity contribution in [2.24, 2.45) is 0 Å². The Kier molecular flexibility index (Phi) is 5.00. The lowest BCUT2D eigenvalue weighted by atomic mass is 10.2. The lowest BCUT2D eigenvalue weighted by Gasteiger charge is -2.32. The summed E-state index contributed by atoms with van der Waals surface area (Å²) in [6.07, 6.45) is 0. The average Bonchev–Trinajstić information content (AvgIpc) is 2.41. The maximum atomic E-state index is 12.3. The normalized spacial score (nSPS) is 18.4. The summed E-state index contributed by atoms with van der Waals surface area (Å²) in [6.45, 7) is 2.61. The Morgan fingerprint density at radius 1 is 1.30 bits per heavy atom. The van der Waals surface area contributed by atoms with Gasteiger partial charge in [0, 0.05) is 26.2 Å². The van der Waals surface area contributed by atoms with Crippen LogP contribution in [0.4, 0.5) is 0 Å². The molecular weight excluding hydrogens is 302 g/mol. The number of piperazine rings is 1. The van der Waals surface area contributed by atoms with Gasteiger partial charge in [-0.25, -0.2) is 13.4 Å². The topological polar surface area (TPSA) is 72.9 Å². The van der Waals surface area contributed by atoms with E-state index in [9.17, 15) is 8.42 Å². The predicted octanol–water partition coefficient (Wildman–Crippen LogP) is 0.273. The van der Waals surface area contributed by atoms with E-state index in [1.54, 1.807) is 11.1 Å². The van der Waals surface area contributed by atoms with E-state index in [4.69, 9.17) is 16.7 Å². The molecule has 2 rings (SSSR count). The smallest absolute Gasteiger partial charge is 0.254 e. The van der Waals surface area contributed by atoms with Crippen molar-refractivity contribution in [1.29, 1.82) is 0 Å². The minimum atomic E-state index is -3.73. The molecule has 1 aromatic rings. The summed E-state index contributed by atoms with van der Waals surface area (Å²) in [5.74, 6) is 0. The van der Waals surface area contributed by atoms with Crippen molar-refractivity contribution in [2.45, 2.75) is 11.5 Å². The van der Waals surface area contributed by atoms with Crippen molar-refractivity contribution in [3.8, 4) is 0 Å². The number of benzene rings is 1. The standard InChI is InChI=1S/C12H18ClN3O3S/c1-15-4-6-16(7-5-15)14-20(18,19)12-8-10(9-17)2-3-11(12)13/h2-3,8,14,17H,4-7,9H2,1H3. The van der Waals surface area contributed by atoms with Gasteiger partial charge < -0.3 is 10.0 Å². The highest BCUT2D eigenvalue weighted by Crippen LogP contribution is 2.23. The Hall–Kier alpha value is -0.700. The number of rotatable bonds is 4. The van der Waals surface area contributed by atoms with Crippen LogP contribution >= 0.6 is 11.6 Å². The van der Waals surface area contributed by atoms with Crippen molar-refractivity contribution in [1.82, 2.24) is 14.7 Å². The van der Waals surface area contributed by atoms with Crippen molar-refractivity contribution in [3.63, 3.8) is 0 Å². The molecule has 0 atom stereocenters. The zero-order chi connectivity index (χ0) is 14.8. The van der Waals surface area contributed by atoms with E-state index in [0.717, 1.165) is 13.1 Å². The Bertz CT molecular complexity index is 571. The number of halogens is 1.